The molecule has 0 aliphatic carbocycles. The lowest BCUT2D eigenvalue weighted by Crippen LogP contribution is -2.61. The fourth-order valence-electron chi connectivity index (χ4n) is 9.06. The summed E-state index contributed by atoms with van der Waals surface area (Å²) in [6.45, 7) is 3.43. The number of carbonyl (C=O) groups excluding carboxylic acids is 1. The lowest BCUT2D eigenvalue weighted by molar-refractivity contribution is -0.332. The van der Waals surface area contributed by atoms with Gasteiger partial charge in [0.05, 0.1) is 26.4 Å². The smallest absolute Gasteiger partial charge is 0.306 e. The van der Waals surface area contributed by atoms with Crippen LogP contribution in [0.15, 0.2) is 85.1 Å². The van der Waals surface area contributed by atoms with Gasteiger partial charge < -0.3 is 64.2 Å². The Bertz CT molecular complexity index is 1590. The molecular weight excluding hydrogens is 981 g/mol. The van der Waals surface area contributed by atoms with Gasteiger partial charge in [-0.25, -0.2) is 0 Å². The topological polar surface area (TPSA) is 214 Å². The fourth-order valence-corrected chi connectivity index (χ4v) is 9.06. The molecule has 2 fully saturated rings. The van der Waals surface area contributed by atoms with E-state index in [9.17, 15) is 40.5 Å². The third-order valence-electron chi connectivity index (χ3n) is 13.9. The zero-order chi connectivity index (χ0) is 55.8. The Morgan fingerprint density at radius 2 is 0.844 bits per heavy atom. The molecule has 11 atom stereocenters. The van der Waals surface area contributed by atoms with E-state index >= 15 is 0 Å². The minimum atomic E-state index is -1.72. The average Bonchev–Trinajstić information content (AvgIpc) is 3.43. The minimum absolute atomic E-state index is 0.0174. The van der Waals surface area contributed by atoms with Crippen molar-refractivity contribution in [1.29, 1.82) is 0 Å². The normalized spacial score (nSPS) is 24.9. The molecule has 7 N–H and O–H groups in total. The molecule has 77 heavy (non-hydrogen) atoms. The molecule has 14 heteroatoms. The van der Waals surface area contributed by atoms with Gasteiger partial charge in [0.1, 0.15) is 54.9 Å². The number of hydrogen-bond acceptors (Lipinski definition) is 14. The van der Waals surface area contributed by atoms with Crippen molar-refractivity contribution in [2.24, 2.45) is 0 Å². The molecule has 0 aromatic heterocycles. The lowest BCUT2D eigenvalue weighted by atomic mass is 9.98. The number of aliphatic hydroxyl groups excluding tert-OH is 7. The Morgan fingerprint density at radius 3 is 1.34 bits per heavy atom. The van der Waals surface area contributed by atoms with E-state index in [1.165, 1.54) is 109 Å². The van der Waals surface area contributed by atoms with Crippen LogP contribution < -0.4 is 0 Å². The molecule has 11 unspecified atom stereocenters. The van der Waals surface area contributed by atoms with Crippen molar-refractivity contribution in [3.63, 3.8) is 0 Å². The van der Waals surface area contributed by atoms with E-state index < -0.39 is 86.7 Å². The van der Waals surface area contributed by atoms with Crippen molar-refractivity contribution in [2.75, 3.05) is 33.0 Å². The standard InChI is InChI=1S/C63H108O14/c1-3-5-7-9-11-13-15-17-19-21-23-25-26-27-28-30-32-34-36-38-40-42-44-46-55(65)75-52(49-72-47-45-43-41-39-37-35-33-31-29-24-22-20-18-16-14-12-10-8-6-4-2)50-73-62-61(71)59(69)57(67)54(77-62)51-74-63-60(70)58(68)56(66)53(48-64)76-63/h6,8,12,14,18,20-21,23-24,29,33,35,39,41,52-54,56-64,66-71H,3-5,7,9-11,13,15-17,19,22,25-28,30-32,34,36-38,40,42-51H2,1-2H3/b8-6-,14-12-,20-18-,23-21-,29-24-,35-33-,41-39-. The summed E-state index contributed by atoms with van der Waals surface area (Å²) in [5.41, 5.74) is 0. The molecule has 14 nitrogen and oxygen atoms in total. The summed E-state index contributed by atoms with van der Waals surface area (Å²) in [5, 5.41) is 72.4. The third-order valence-corrected chi connectivity index (χ3v) is 13.9. The number of hydrogen-bond donors (Lipinski definition) is 7. The molecule has 2 rings (SSSR count). The van der Waals surface area contributed by atoms with Crippen LogP contribution in [0, 0.1) is 0 Å². The second-order valence-electron chi connectivity index (χ2n) is 20.8. The highest BCUT2D eigenvalue weighted by Crippen LogP contribution is 2.27. The van der Waals surface area contributed by atoms with Crippen molar-refractivity contribution in [3.05, 3.63) is 85.1 Å². The number of rotatable bonds is 48. The summed E-state index contributed by atoms with van der Waals surface area (Å²) < 4.78 is 34.3. The molecule has 444 valence electrons. The van der Waals surface area contributed by atoms with Gasteiger partial charge >= 0.3 is 5.97 Å². The second kappa shape index (κ2) is 49.0. The van der Waals surface area contributed by atoms with Crippen LogP contribution in [0.4, 0.5) is 0 Å². The SMILES string of the molecule is CC/C=C\C/C=C\C/C=C\C/C=C\C/C=C\C/C=C\CCCOCC(COC1OC(COC2OC(CO)C(O)C(O)C2O)C(O)C(O)C1O)OC(=O)CCCCCCCCCCCCC/C=C\CCCCCCCCCC. The maximum atomic E-state index is 13.1. The van der Waals surface area contributed by atoms with Crippen molar-refractivity contribution >= 4 is 5.97 Å². The Balaban J connectivity index is 1.73. The van der Waals surface area contributed by atoms with Gasteiger partial charge in [-0.3, -0.25) is 4.79 Å². The predicted octanol–water partition coefficient (Wildman–Crippen LogP) is 11.2. The van der Waals surface area contributed by atoms with Gasteiger partial charge in [-0.2, -0.15) is 0 Å². The molecule has 2 aliphatic rings. The largest absolute Gasteiger partial charge is 0.457 e. The van der Waals surface area contributed by atoms with Crippen LogP contribution in [0.1, 0.15) is 206 Å². The number of carbonyl (C=O) groups is 1. The van der Waals surface area contributed by atoms with Crippen LogP contribution in [0.5, 0.6) is 0 Å². The quantitative estimate of drug-likeness (QED) is 0.0172. The Kier molecular flexibility index (Phi) is 44.7. The molecule has 0 amide bonds. The van der Waals surface area contributed by atoms with Crippen LogP contribution in [-0.4, -0.2) is 142 Å². The molecule has 2 heterocycles. The van der Waals surface area contributed by atoms with E-state index in [1.807, 2.05) is 0 Å². The first-order valence-corrected chi connectivity index (χ1v) is 30.2. The van der Waals surface area contributed by atoms with Gasteiger partial charge in [0.15, 0.2) is 12.6 Å². The minimum Gasteiger partial charge on any atom is -0.457 e. The van der Waals surface area contributed by atoms with Gasteiger partial charge in [-0.1, -0.05) is 202 Å². The Hall–Kier alpha value is -2.83. The predicted molar refractivity (Wildman–Crippen MR) is 307 cm³/mol. The van der Waals surface area contributed by atoms with Gasteiger partial charge in [-0.05, 0) is 83.5 Å². The van der Waals surface area contributed by atoms with Crippen molar-refractivity contribution in [1.82, 2.24) is 0 Å². The first kappa shape index (κ1) is 70.3. The number of aliphatic hydroxyl groups is 7. The summed E-state index contributed by atoms with van der Waals surface area (Å²) in [4.78, 5) is 13.1. The highest BCUT2D eigenvalue weighted by atomic mass is 16.7. The monoisotopic (exact) mass is 1090 g/mol. The molecule has 0 aromatic carbocycles. The lowest BCUT2D eigenvalue weighted by Gasteiger charge is -2.42. The van der Waals surface area contributed by atoms with E-state index in [2.05, 4.69) is 98.9 Å². The van der Waals surface area contributed by atoms with Gasteiger partial charge in [0.2, 0.25) is 0 Å². The first-order chi connectivity index (χ1) is 37.6. The highest BCUT2D eigenvalue weighted by Gasteiger charge is 2.47. The van der Waals surface area contributed by atoms with Crippen LogP contribution >= 0.6 is 0 Å². The maximum absolute atomic E-state index is 13.1. The third kappa shape index (κ3) is 35.5. The number of esters is 1. The first-order valence-electron chi connectivity index (χ1n) is 30.2. The van der Waals surface area contributed by atoms with Gasteiger partial charge in [-0.15, -0.1) is 0 Å². The number of ether oxygens (including phenoxy) is 6. The average molecular weight is 1090 g/mol. The van der Waals surface area contributed by atoms with E-state index in [0.29, 0.717) is 13.0 Å². The van der Waals surface area contributed by atoms with Crippen LogP contribution in [0.2, 0.25) is 0 Å². The van der Waals surface area contributed by atoms with Crippen LogP contribution in [0.3, 0.4) is 0 Å². The van der Waals surface area contributed by atoms with Crippen molar-refractivity contribution < 1.29 is 69.0 Å². The summed E-state index contributed by atoms with van der Waals surface area (Å²) >= 11 is 0. The van der Waals surface area contributed by atoms with E-state index in [0.717, 1.165) is 70.6 Å². The fraction of sp³-hybridized carbons (Fsp3) is 0.762. The van der Waals surface area contributed by atoms with Crippen molar-refractivity contribution in [3.8, 4) is 0 Å². The summed E-state index contributed by atoms with van der Waals surface area (Å²) in [6.07, 6.45) is 48.0. The molecule has 2 saturated heterocycles. The van der Waals surface area contributed by atoms with Gasteiger partial charge in [0.25, 0.3) is 0 Å². The van der Waals surface area contributed by atoms with Crippen LogP contribution in [-0.2, 0) is 33.2 Å². The molecule has 0 aromatic rings. The molecular formula is C63H108O14. The molecule has 0 bridgehead atoms. The summed E-state index contributed by atoms with van der Waals surface area (Å²) in [7, 11) is 0. The summed E-state index contributed by atoms with van der Waals surface area (Å²) in [5.74, 6) is -0.398. The van der Waals surface area contributed by atoms with E-state index in [4.69, 9.17) is 28.4 Å². The molecule has 0 saturated carbocycles. The summed E-state index contributed by atoms with van der Waals surface area (Å²) in [6, 6.07) is 0. The Labute approximate surface area is 465 Å². The molecule has 2 aliphatic heterocycles. The number of unbranched alkanes of at least 4 members (excludes halogenated alkanes) is 20. The zero-order valence-corrected chi connectivity index (χ0v) is 47.7. The van der Waals surface area contributed by atoms with Gasteiger partial charge in [0, 0.05) is 13.0 Å². The van der Waals surface area contributed by atoms with E-state index in [-0.39, 0.29) is 19.6 Å². The number of allylic oxidation sites excluding steroid dienone is 14. The molecule has 0 radical (unpaired) electrons. The zero-order valence-electron chi connectivity index (χ0n) is 47.7. The molecule has 0 spiro atoms. The van der Waals surface area contributed by atoms with Crippen molar-refractivity contribution in [2.45, 2.75) is 274 Å². The second-order valence-corrected chi connectivity index (χ2v) is 20.8. The van der Waals surface area contributed by atoms with E-state index in [1.54, 1.807) is 0 Å². The maximum Gasteiger partial charge on any atom is 0.306 e. The highest BCUT2D eigenvalue weighted by molar-refractivity contribution is 5.69. The Morgan fingerprint density at radius 1 is 0.442 bits per heavy atom. The van der Waals surface area contributed by atoms with Crippen LogP contribution in [0.25, 0.3) is 0 Å².